The molecule has 2 amide bonds. The van der Waals surface area contributed by atoms with Gasteiger partial charge in [-0.2, -0.15) is 0 Å². The van der Waals surface area contributed by atoms with Crippen molar-refractivity contribution in [1.29, 1.82) is 0 Å². The molecule has 1 aromatic carbocycles. The Bertz CT molecular complexity index is 888. The Hall–Kier alpha value is -2.74. The van der Waals surface area contributed by atoms with Crippen molar-refractivity contribution in [1.82, 2.24) is 25.5 Å². The molecule has 8 heteroatoms. The number of hydrogen-bond acceptors (Lipinski definition) is 4. The molecule has 2 aliphatic heterocycles. The van der Waals surface area contributed by atoms with Crippen LogP contribution in [-0.2, 0) is 16.8 Å². The third-order valence-corrected chi connectivity index (χ3v) is 5.78. The van der Waals surface area contributed by atoms with E-state index in [1.807, 2.05) is 0 Å². The highest BCUT2D eigenvalue weighted by Crippen LogP contribution is 2.35. The minimum absolute atomic E-state index is 0.0581. The third kappa shape index (κ3) is 3.28. The number of fused-ring (bicyclic) bond motifs is 2. The maximum Gasteiger partial charge on any atom is 0.254 e. The van der Waals surface area contributed by atoms with Crippen LogP contribution in [0.3, 0.4) is 0 Å². The molecule has 28 heavy (non-hydrogen) atoms. The lowest BCUT2D eigenvalue weighted by Crippen LogP contribution is -2.57. The average molecular weight is 385 g/mol. The van der Waals surface area contributed by atoms with Gasteiger partial charge in [-0.05, 0) is 31.9 Å². The Morgan fingerprint density at radius 3 is 2.79 bits per heavy atom. The number of halogens is 1. The van der Waals surface area contributed by atoms with Crippen LogP contribution in [0.2, 0.25) is 0 Å². The molecular weight excluding hydrogens is 361 g/mol. The summed E-state index contributed by atoms with van der Waals surface area (Å²) < 4.78 is 13.8. The van der Waals surface area contributed by atoms with Crippen molar-refractivity contribution in [3.63, 3.8) is 0 Å². The molecule has 1 spiro atoms. The second-order valence-corrected chi connectivity index (χ2v) is 7.49. The lowest BCUT2D eigenvalue weighted by atomic mass is 9.80. The minimum atomic E-state index is -0.721. The summed E-state index contributed by atoms with van der Waals surface area (Å²) in [6.07, 6.45) is 4.20. The van der Waals surface area contributed by atoms with Crippen LogP contribution >= 0.6 is 0 Å². The van der Waals surface area contributed by atoms with E-state index in [0.717, 1.165) is 31.5 Å². The van der Waals surface area contributed by atoms with E-state index in [-0.39, 0.29) is 17.0 Å². The van der Waals surface area contributed by atoms with E-state index < -0.39 is 17.8 Å². The number of aromatic nitrogens is 2. The van der Waals surface area contributed by atoms with E-state index in [1.165, 1.54) is 23.9 Å². The van der Waals surface area contributed by atoms with Crippen LogP contribution in [0.1, 0.15) is 41.5 Å². The van der Waals surface area contributed by atoms with Crippen molar-refractivity contribution in [2.45, 2.75) is 37.8 Å². The van der Waals surface area contributed by atoms with Gasteiger partial charge in [0.25, 0.3) is 5.91 Å². The smallest absolute Gasteiger partial charge is 0.254 e. The predicted molar refractivity (Wildman–Crippen MR) is 101 cm³/mol. The quantitative estimate of drug-likeness (QED) is 0.744. The maximum absolute atomic E-state index is 13.8. The number of imidazole rings is 1. The monoisotopic (exact) mass is 385 g/mol. The normalized spacial score (nSPS) is 19.1. The number of carbonyl (C=O) groups is 2. The first-order valence-corrected chi connectivity index (χ1v) is 9.62. The highest BCUT2D eigenvalue weighted by Gasteiger charge is 2.42. The van der Waals surface area contributed by atoms with Gasteiger partial charge in [0, 0.05) is 31.7 Å². The molecule has 1 fully saturated rings. The Balaban J connectivity index is 1.38. The Morgan fingerprint density at radius 1 is 1.29 bits per heavy atom. The van der Waals surface area contributed by atoms with E-state index in [9.17, 15) is 14.0 Å². The number of benzene rings is 1. The molecule has 0 radical (unpaired) electrons. The molecule has 4 rings (SSSR count). The number of carbonyl (C=O) groups excluding carboxylic acids is 2. The number of piperidine rings is 1. The van der Waals surface area contributed by atoms with Gasteiger partial charge in [0.2, 0.25) is 5.91 Å². The third-order valence-electron chi connectivity index (χ3n) is 5.78. The first kappa shape index (κ1) is 18.6. The zero-order valence-corrected chi connectivity index (χ0v) is 15.8. The number of H-pyrrole nitrogens is 1. The Morgan fingerprint density at radius 2 is 2.04 bits per heavy atom. The van der Waals surface area contributed by atoms with Gasteiger partial charge in [-0.25, -0.2) is 9.37 Å². The Labute approximate surface area is 162 Å². The van der Waals surface area contributed by atoms with E-state index in [0.29, 0.717) is 13.1 Å². The lowest BCUT2D eigenvalue weighted by Gasteiger charge is -2.44. The minimum Gasteiger partial charge on any atom is -0.348 e. The summed E-state index contributed by atoms with van der Waals surface area (Å²) in [4.78, 5) is 34.5. The fraction of sp³-hybridized carbons (Fsp3) is 0.450. The van der Waals surface area contributed by atoms with Gasteiger partial charge in [0.1, 0.15) is 11.9 Å². The molecule has 148 valence electrons. The summed E-state index contributed by atoms with van der Waals surface area (Å²) >= 11 is 0. The summed E-state index contributed by atoms with van der Waals surface area (Å²) in [7, 11) is 0. The van der Waals surface area contributed by atoms with Gasteiger partial charge in [0.15, 0.2) is 0 Å². The van der Waals surface area contributed by atoms with Gasteiger partial charge in [-0.1, -0.05) is 12.1 Å². The van der Waals surface area contributed by atoms with Crippen LogP contribution < -0.4 is 10.6 Å². The molecule has 0 saturated carbocycles. The fourth-order valence-electron chi connectivity index (χ4n) is 4.21. The molecule has 2 aromatic rings. The topological polar surface area (TPSA) is 90.1 Å². The van der Waals surface area contributed by atoms with Crippen LogP contribution in [0.15, 0.2) is 30.6 Å². The summed E-state index contributed by atoms with van der Waals surface area (Å²) in [6.45, 7) is 3.68. The number of amides is 2. The molecule has 2 aliphatic rings. The number of aromatic amines is 1. The molecule has 1 saturated heterocycles. The first-order valence-electron chi connectivity index (χ1n) is 9.62. The van der Waals surface area contributed by atoms with Crippen LogP contribution in [0.25, 0.3) is 0 Å². The predicted octanol–water partition coefficient (Wildman–Crippen LogP) is 1.33. The number of nitrogens with zero attached hydrogens (tertiary/aromatic N) is 2. The van der Waals surface area contributed by atoms with E-state index >= 15 is 0 Å². The zero-order valence-electron chi connectivity index (χ0n) is 15.8. The standard InChI is InChI=1S/C20H24FN5O2/c1-13(25-18(27)14-4-2-3-5-15(14)21)19(28)26-10-7-20(8-11-26)17-16(6-9-24-20)22-12-23-17/h2-5,12-13,24H,6-11H2,1H3,(H,22,23)(H,25,27)/t13-/m1/s1. The molecule has 0 bridgehead atoms. The summed E-state index contributed by atoms with van der Waals surface area (Å²) in [5.74, 6) is -1.34. The van der Waals surface area contributed by atoms with Crippen molar-refractivity contribution in [2.24, 2.45) is 0 Å². The molecule has 0 aliphatic carbocycles. The van der Waals surface area contributed by atoms with Crippen LogP contribution in [0, 0.1) is 5.82 Å². The zero-order chi connectivity index (χ0) is 19.7. The van der Waals surface area contributed by atoms with Gasteiger partial charge in [0.05, 0.1) is 23.1 Å². The SMILES string of the molecule is C[C@@H](NC(=O)c1ccccc1F)C(=O)N1CCC2(CC1)NCCc1[nH]cnc12. The van der Waals surface area contributed by atoms with Crippen molar-refractivity contribution in [3.05, 3.63) is 53.4 Å². The molecule has 0 unspecified atom stereocenters. The largest absolute Gasteiger partial charge is 0.348 e. The fourth-order valence-corrected chi connectivity index (χ4v) is 4.21. The van der Waals surface area contributed by atoms with Crippen LogP contribution in [-0.4, -0.2) is 52.4 Å². The number of likely N-dealkylation sites (tertiary alicyclic amines) is 1. The van der Waals surface area contributed by atoms with Gasteiger partial charge in [-0.3, -0.25) is 9.59 Å². The Kier molecular flexibility index (Phi) is 4.89. The average Bonchev–Trinajstić information content (AvgIpc) is 3.19. The van der Waals surface area contributed by atoms with E-state index in [2.05, 4.69) is 20.6 Å². The lowest BCUT2D eigenvalue weighted by molar-refractivity contribution is -0.134. The molecule has 1 atom stereocenters. The molecule has 3 N–H and O–H groups in total. The van der Waals surface area contributed by atoms with Crippen molar-refractivity contribution in [3.8, 4) is 0 Å². The highest BCUT2D eigenvalue weighted by molar-refractivity contribution is 5.97. The van der Waals surface area contributed by atoms with Crippen molar-refractivity contribution < 1.29 is 14.0 Å². The van der Waals surface area contributed by atoms with Gasteiger partial charge >= 0.3 is 0 Å². The van der Waals surface area contributed by atoms with Crippen molar-refractivity contribution in [2.75, 3.05) is 19.6 Å². The molecule has 3 heterocycles. The van der Waals surface area contributed by atoms with Gasteiger partial charge < -0.3 is 20.5 Å². The van der Waals surface area contributed by atoms with E-state index in [4.69, 9.17) is 0 Å². The molecule has 1 aromatic heterocycles. The highest BCUT2D eigenvalue weighted by atomic mass is 19.1. The second-order valence-electron chi connectivity index (χ2n) is 7.49. The number of rotatable bonds is 3. The second kappa shape index (κ2) is 7.35. The van der Waals surface area contributed by atoms with Crippen LogP contribution in [0.5, 0.6) is 0 Å². The van der Waals surface area contributed by atoms with Crippen molar-refractivity contribution >= 4 is 11.8 Å². The molecule has 7 nitrogen and oxygen atoms in total. The maximum atomic E-state index is 13.8. The molecular formula is C20H24FN5O2. The summed E-state index contributed by atoms with van der Waals surface area (Å²) in [5.41, 5.74) is 1.98. The number of nitrogens with one attached hydrogen (secondary N) is 3. The number of hydrogen-bond donors (Lipinski definition) is 3. The van der Waals surface area contributed by atoms with Crippen LogP contribution in [0.4, 0.5) is 4.39 Å². The van der Waals surface area contributed by atoms with E-state index in [1.54, 1.807) is 24.2 Å². The first-order chi connectivity index (χ1) is 13.5. The van der Waals surface area contributed by atoms with Gasteiger partial charge in [-0.15, -0.1) is 0 Å². The summed E-state index contributed by atoms with van der Waals surface area (Å²) in [6, 6.07) is 5.03. The summed E-state index contributed by atoms with van der Waals surface area (Å²) in [5, 5.41) is 6.21.